The van der Waals surface area contributed by atoms with E-state index >= 15 is 0 Å². The fraction of sp³-hybridized carbons (Fsp3) is 0.176. The summed E-state index contributed by atoms with van der Waals surface area (Å²) in [6.45, 7) is 3.99. The Balaban J connectivity index is 2.13. The Kier molecular flexibility index (Phi) is 5.65. The Labute approximate surface area is 139 Å². The first-order valence-electron chi connectivity index (χ1n) is 7.12. The molecule has 2 rings (SSSR count). The molecule has 1 amide bonds. The van der Waals surface area contributed by atoms with Crippen LogP contribution in [0, 0.1) is 5.82 Å². The quantitative estimate of drug-likeness (QED) is 0.830. The van der Waals surface area contributed by atoms with Crippen molar-refractivity contribution < 1.29 is 13.9 Å². The first kappa shape index (κ1) is 16.9. The van der Waals surface area contributed by atoms with Gasteiger partial charge in [0.2, 0.25) is 0 Å². The SMILES string of the molecule is CCN(C(=O)Oc1cccc(NC(C)=S)c1)c1ccc(F)cc1. The third-order valence-electron chi connectivity index (χ3n) is 3.03. The van der Waals surface area contributed by atoms with Crippen molar-refractivity contribution in [1.82, 2.24) is 0 Å². The van der Waals surface area contributed by atoms with Gasteiger partial charge in [-0.3, -0.25) is 4.90 Å². The normalized spacial score (nSPS) is 10.0. The van der Waals surface area contributed by atoms with Crippen LogP contribution in [-0.2, 0) is 0 Å². The predicted octanol–water partition coefficient (Wildman–Crippen LogP) is 4.61. The van der Waals surface area contributed by atoms with Crippen molar-refractivity contribution in [3.8, 4) is 5.75 Å². The maximum absolute atomic E-state index is 13.0. The van der Waals surface area contributed by atoms with E-state index in [9.17, 15) is 9.18 Å². The van der Waals surface area contributed by atoms with Gasteiger partial charge < -0.3 is 10.1 Å². The van der Waals surface area contributed by atoms with Gasteiger partial charge in [0.25, 0.3) is 0 Å². The number of amides is 1. The predicted molar refractivity (Wildman–Crippen MR) is 93.8 cm³/mol. The summed E-state index contributed by atoms with van der Waals surface area (Å²) in [5.41, 5.74) is 1.32. The number of anilines is 2. The Morgan fingerprint density at radius 3 is 2.57 bits per heavy atom. The molecule has 0 heterocycles. The van der Waals surface area contributed by atoms with Crippen LogP contribution in [0.1, 0.15) is 13.8 Å². The van der Waals surface area contributed by atoms with Crippen LogP contribution in [-0.4, -0.2) is 17.6 Å². The van der Waals surface area contributed by atoms with Crippen molar-refractivity contribution in [2.45, 2.75) is 13.8 Å². The van der Waals surface area contributed by atoms with Gasteiger partial charge in [0.15, 0.2) is 0 Å². The van der Waals surface area contributed by atoms with Crippen LogP contribution in [0.5, 0.6) is 5.75 Å². The van der Waals surface area contributed by atoms with Crippen LogP contribution in [0.25, 0.3) is 0 Å². The first-order chi connectivity index (χ1) is 11.0. The molecule has 2 aromatic rings. The van der Waals surface area contributed by atoms with Crippen LogP contribution in [0.4, 0.5) is 20.6 Å². The fourth-order valence-corrected chi connectivity index (χ4v) is 2.15. The van der Waals surface area contributed by atoms with Crippen molar-refractivity contribution in [2.75, 3.05) is 16.8 Å². The molecule has 0 atom stereocenters. The molecule has 120 valence electrons. The minimum absolute atomic E-state index is 0.354. The second-order valence-corrected chi connectivity index (χ2v) is 5.41. The number of ether oxygens (including phenoxy) is 1. The Hall–Kier alpha value is -2.47. The van der Waals surface area contributed by atoms with E-state index in [1.54, 1.807) is 25.1 Å². The highest BCUT2D eigenvalue weighted by molar-refractivity contribution is 7.80. The van der Waals surface area contributed by atoms with Gasteiger partial charge in [0.05, 0.1) is 4.99 Å². The highest BCUT2D eigenvalue weighted by atomic mass is 32.1. The molecule has 0 aliphatic carbocycles. The zero-order valence-corrected chi connectivity index (χ0v) is 13.7. The molecule has 23 heavy (non-hydrogen) atoms. The lowest BCUT2D eigenvalue weighted by Gasteiger charge is -2.20. The molecule has 0 aliphatic rings. The molecule has 0 spiro atoms. The van der Waals surface area contributed by atoms with Crippen molar-refractivity contribution in [3.05, 3.63) is 54.3 Å². The van der Waals surface area contributed by atoms with E-state index in [0.29, 0.717) is 23.0 Å². The summed E-state index contributed by atoms with van der Waals surface area (Å²) in [7, 11) is 0. The molecular weight excluding hydrogens is 315 g/mol. The van der Waals surface area contributed by atoms with Crippen LogP contribution in [0.3, 0.4) is 0 Å². The van der Waals surface area contributed by atoms with Crippen LogP contribution in [0.2, 0.25) is 0 Å². The lowest BCUT2D eigenvalue weighted by molar-refractivity contribution is 0.208. The molecule has 0 unspecified atom stereocenters. The molecule has 0 fully saturated rings. The smallest absolute Gasteiger partial charge is 0.410 e. The van der Waals surface area contributed by atoms with Gasteiger partial charge in [-0.05, 0) is 50.2 Å². The lowest BCUT2D eigenvalue weighted by Crippen LogP contribution is -2.33. The summed E-state index contributed by atoms with van der Waals surface area (Å²) >= 11 is 4.99. The first-order valence-corrected chi connectivity index (χ1v) is 7.53. The summed E-state index contributed by atoms with van der Waals surface area (Å²) in [5.74, 6) is 0.0456. The summed E-state index contributed by atoms with van der Waals surface area (Å²) in [4.78, 5) is 14.4. The van der Waals surface area contributed by atoms with E-state index < -0.39 is 6.09 Å². The van der Waals surface area contributed by atoms with E-state index in [1.807, 2.05) is 13.0 Å². The number of benzene rings is 2. The molecule has 6 heteroatoms. The number of rotatable bonds is 4. The average Bonchev–Trinajstić information content (AvgIpc) is 2.49. The number of carbonyl (C=O) groups is 1. The molecule has 0 aromatic heterocycles. The lowest BCUT2D eigenvalue weighted by atomic mass is 10.3. The van der Waals surface area contributed by atoms with Gasteiger partial charge in [-0.1, -0.05) is 18.3 Å². The maximum atomic E-state index is 13.0. The van der Waals surface area contributed by atoms with E-state index in [2.05, 4.69) is 5.32 Å². The minimum Gasteiger partial charge on any atom is -0.410 e. The van der Waals surface area contributed by atoms with Crippen molar-refractivity contribution in [2.24, 2.45) is 0 Å². The molecule has 2 aromatic carbocycles. The van der Waals surface area contributed by atoms with Gasteiger partial charge in [0.1, 0.15) is 11.6 Å². The number of carbonyl (C=O) groups excluding carboxylic acids is 1. The van der Waals surface area contributed by atoms with Crippen LogP contribution >= 0.6 is 12.2 Å². The molecule has 4 nitrogen and oxygen atoms in total. The highest BCUT2D eigenvalue weighted by Gasteiger charge is 2.16. The summed E-state index contributed by atoms with van der Waals surface area (Å²) in [5, 5.41) is 2.98. The second-order valence-electron chi connectivity index (χ2n) is 4.80. The van der Waals surface area contributed by atoms with Gasteiger partial charge in [-0.2, -0.15) is 0 Å². The zero-order chi connectivity index (χ0) is 16.8. The average molecular weight is 332 g/mol. The number of hydrogen-bond acceptors (Lipinski definition) is 3. The van der Waals surface area contributed by atoms with E-state index in [-0.39, 0.29) is 5.82 Å². The third kappa shape index (κ3) is 4.75. The molecule has 1 N–H and O–H groups in total. The molecule has 0 saturated heterocycles. The van der Waals surface area contributed by atoms with Gasteiger partial charge in [-0.15, -0.1) is 0 Å². The largest absolute Gasteiger partial charge is 0.419 e. The summed E-state index contributed by atoms with van der Waals surface area (Å²) in [6.07, 6.45) is -0.532. The molecule has 0 saturated carbocycles. The van der Waals surface area contributed by atoms with Crippen molar-refractivity contribution in [1.29, 1.82) is 0 Å². The molecule has 0 bridgehead atoms. The van der Waals surface area contributed by atoms with Gasteiger partial charge in [-0.25, -0.2) is 9.18 Å². The van der Waals surface area contributed by atoms with Gasteiger partial charge in [0, 0.05) is 24.0 Å². The number of thiocarbonyl (C=S) groups is 1. The number of nitrogens with zero attached hydrogens (tertiary/aromatic N) is 1. The maximum Gasteiger partial charge on any atom is 0.419 e. The van der Waals surface area contributed by atoms with Crippen LogP contribution < -0.4 is 15.0 Å². The van der Waals surface area contributed by atoms with E-state index in [4.69, 9.17) is 17.0 Å². The van der Waals surface area contributed by atoms with E-state index in [1.165, 1.54) is 29.2 Å². The number of halogens is 1. The second kappa shape index (κ2) is 7.69. The highest BCUT2D eigenvalue weighted by Crippen LogP contribution is 2.21. The Morgan fingerprint density at radius 2 is 1.96 bits per heavy atom. The van der Waals surface area contributed by atoms with E-state index in [0.717, 1.165) is 5.69 Å². The van der Waals surface area contributed by atoms with Crippen molar-refractivity contribution in [3.63, 3.8) is 0 Å². The standard InChI is InChI=1S/C17H17FN2O2S/c1-3-20(15-9-7-13(18)8-10-15)17(21)22-16-6-4-5-14(11-16)19-12(2)23/h4-11H,3H2,1-2H3,(H,19,23). The molecule has 0 radical (unpaired) electrons. The Morgan fingerprint density at radius 1 is 1.26 bits per heavy atom. The Bertz CT molecular complexity index is 704. The van der Waals surface area contributed by atoms with Gasteiger partial charge >= 0.3 is 6.09 Å². The summed E-state index contributed by atoms with van der Waals surface area (Å²) in [6, 6.07) is 12.6. The number of hydrogen-bond donors (Lipinski definition) is 1. The van der Waals surface area contributed by atoms with Crippen molar-refractivity contribution >= 4 is 34.7 Å². The zero-order valence-electron chi connectivity index (χ0n) is 12.9. The monoisotopic (exact) mass is 332 g/mol. The number of nitrogens with one attached hydrogen (secondary N) is 1. The molecule has 0 aliphatic heterocycles. The molecular formula is C17H17FN2O2S. The fourth-order valence-electron chi connectivity index (χ4n) is 2.03. The minimum atomic E-state index is -0.532. The topological polar surface area (TPSA) is 41.6 Å². The van der Waals surface area contributed by atoms with Crippen LogP contribution in [0.15, 0.2) is 48.5 Å². The summed E-state index contributed by atoms with van der Waals surface area (Å²) < 4.78 is 18.4. The third-order valence-corrected chi connectivity index (χ3v) is 3.14.